The van der Waals surface area contributed by atoms with E-state index in [-0.39, 0.29) is 35.1 Å². The van der Waals surface area contributed by atoms with Crippen LogP contribution in [0.4, 0.5) is 8.78 Å². The van der Waals surface area contributed by atoms with Crippen molar-refractivity contribution in [1.82, 2.24) is 19.7 Å². The lowest BCUT2D eigenvalue weighted by Crippen LogP contribution is -2.55. The van der Waals surface area contributed by atoms with Gasteiger partial charge in [-0.1, -0.05) is 12.1 Å². The maximum atomic E-state index is 15.0. The highest BCUT2D eigenvalue weighted by atomic mass is 79.9. The molecule has 0 spiro atoms. The van der Waals surface area contributed by atoms with E-state index in [1.807, 2.05) is 0 Å². The molecule has 13 heteroatoms. The van der Waals surface area contributed by atoms with Crippen molar-refractivity contribution in [3.63, 3.8) is 0 Å². The summed E-state index contributed by atoms with van der Waals surface area (Å²) in [5.41, 5.74) is 4.43. The third kappa shape index (κ3) is 5.39. The van der Waals surface area contributed by atoms with Gasteiger partial charge in [0.15, 0.2) is 15.7 Å². The van der Waals surface area contributed by atoms with E-state index in [2.05, 4.69) is 42.6 Å². The van der Waals surface area contributed by atoms with Crippen LogP contribution in [0, 0.1) is 5.82 Å². The zero-order valence-corrected chi connectivity index (χ0v) is 23.0. The number of benzene rings is 1. The van der Waals surface area contributed by atoms with Crippen LogP contribution < -0.4 is 10.5 Å². The molecule has 0 saturated heterocycles. The number of aromatic nitrogens is 4. The summed E-state index contributed by atoms with van der Waals surface area (Å²) < 4.78 is 62.5. The van der Waals surface area contributed by atoms with Gasteiger partial charge in [0.2, 0.25) is 5.88 Å². The van der Waals surface area contributed by atoms with Crippen molar-refractivity contribution in [2.75, 3.05) is 12.4 Å². The minimum Gasteiger partial charge on any atom is -0.475 e. The largest absolute Gasteiger partial charge is 0.475 e. The van der Waals surface area contributed by atoms with Gasteiger partial charge in [-0.3, -0.25) is 9.67 Å². The molecule has 0 bridgehead atoms. The SMILES string of the molecule is C=C[C@@]1(c2cc(/C=C(\F)c3cnc(OCCn4cc(Br)cn4)cn3)ccc2F)CS(=O)(=O)C(C)(C)C(N)=N1. The smallest absolute Gasteiger partial charge is 0.232 e. The highest BCUT2D eigenvalue weighted by Crippen LogP contribution is 2.39. The van der Waals surface area contributed by atoms with Gasteiger partial charge in [-0.2, -0.15) is 5.10 Å². The van der Waals surface area contributed by atoms with Crippen LogP contribution in [0.15, 0.2) is 65.1 Å². The number of amidine groups is 1. The Kier molecular flexibility index (Phi) is 7.53. The summed E-state index contributed by atoms with van der Waals surface area (Å²) in [6, 6.07) is 3.78. The molecule has 3 heterocycles. The van der Waals surface area contributed by atoms with E-state index in [0.717, 1.165) is 16.6 Å². The van der Waals surface area contributed by atoms with Gasteiger partial charge >= 0.3 is 0 Å². The second kappa shape index (κ2) is 10.4. The average Bonchev–Trinajstić information content (AvgIpc) is 3.28. The van der Waals surface area contributed by atoms with Crippen LogP contribution in [0.25, 0.3) is 11.9 Å². The van der Waals surface area contributed by atoms with Crippen molar-refractivity contribution >= 4 is 43.5 Å². The lowest BCUT2D eigenvalue weighted by molar-refractivity contribution is 0.279. The molecule has 9 nitrogen and oxygen atoms in total. The molecule has 0 fully saturated rings. The van der Waals surface area contributed by atoms with E-state index in [1.54, 1.807) is 17.1 Å². The molecule has 200 valence electrons. The number of halogens is 3. The second-order valence-corrected chi connectivity index (χ2v) is 12.6. The summed E-state index contributed by atoms with van der Waals surface area (Å²) >= 11 is 3.31. The number of hydrogen-bond donors (Lipinski definition) is 1. The van der Waals surface area contributed by atoms with E-state index < -0.39 is 37.5 Å². The van der Waals surface area contributed by atoms with Gasteiger partial charge in [0.25, 0.3) is 0 Å². The Bertz CT molecular complexity index is 1540. The van der Waals surface area contributed by atoms with Crippen LogP contribution in [0.3, 0.4) is 0 Å². The van der Waals surface area contributed by atoms with Crippen molar-refractivity contribution in [2.45, 2.75) is 30.7 Å². The lowest BCUT2D eigenvalue weighted by Gasteiger charge is -2.38. The molecule has 1 aromatic carbocycles. The Balaban J connectivity index is 1.55. The maximum Gasteiger partial charge on any atom is 0.232 e. The topological polar surface area (TPSA) is 125 Å². The van der Waals surface area contributed by atoms with E-state index in [0.29, 0.717) is 6.54 Å². The van der Waals surface area contributed by atoms with Crippen LogP contribution >= 0.6 is 15.9 Å². The van der Waals surface area contributed by atoms with Gasteiger partial charge < -0.3 is 10.5 Å². The summed E-state index contributed by atoms with van der Waals surface area (Å²) in [6.07, 6.45) is 8.33. The first-order chi connectivity index (χ1) is 17.9. The average molecular weight is 607 g/mol. The van der Waals surface area contributed by atoms with Gasteiger partial charge in [-0.15, -0.1) is 6.58 Å². The standard InChI is InChI=1S/C25H25BrF2N6O3S/c1-4-25(15-38(35,36)24(2,3)23(29)33-25)18-9-16(5-6-19(18)27)10-20(28)21-12-31-22(13-30-21)37-8-7-34-14-17(26)11-32-34/h4-6,9-14H,1,7-8,15H2,2-3H3,(H2,29,33)/b20-10-/t25-/m0/s1. The molecular weight excluding hydrogens is 582 g/mol. The predicted molar refractivity (Wildman–Crippen MR) is 144 cm³/mol. The Morgan fingerprint density at radius 1 is 1.29 bits per heavy atom. The van der Waals surface area contributed by atoms with Crippen molar-refractivity contribution in [1.29, 1.82) is 0 Å². The Morgan fingerprint density at radius 3 is 2.66 bits per heavy atom. The molecule has 2 N–H and O–H groups in total. The molecule has 1 aliphatic heterocycles. The normalized spacial score (nSPS) is 20.6. The summed E-state index contributed by atoms with van der Waals surface area (Å²) in [7, 11) is -3.82. The second-order valence-electron chi connectivity index (χ2n) is 9.14. The third-order valence-corrected chi connectivity index (χ3v) is 9.25. The van der Waals surface area contributed by atoms with Crippen molar-refractivity contribution in [3.8, 4) is 5.88 Å². The molecule has 0 saturated carbocycles. The molecule has 1 atom stereocenters. The molecule has 2 aromatic heterocycles. The van der Waals surface area contributed by atoms with Gasteiger partial charge in [0, 0.05) is 11.8 Å². The number of ether oxygens (including phenoxy) is 1. The number of rotatable bonds is 8. The minimum atomic E-state index is -3.82. The van der Waals surface area contributed by atoms with E-state index in [4.69, 9.17) is 10.5 Å². The monoisotopic (exact) mass is 606 g/mol. The molecule has 4 rings (SSSR count). The summed E-state index contributed by atoms with van der Waals surface area (Å²) in [5, 5.41) is 4.12. The van der Waals surface area contributed by atoms with Gasteiger partial charge in [0.1, 0.15) is 34.2 Å². The predicted octanol–water partition coefficient (Wildman–Crippen LogP) is 4.07. The Hall–Kier alpha value is -3.45. The first kappa shape index (κ1) is 27.6. The first-order valence-electron chi connectivity index (χ1n) is 11.4. The number of nitrogens with zero attached hydrogens (tertiary/aromatic N) is 5. The quantitative estimate of drug-likeness (QED) is 0.383. The summed E-state index contributed by atoms with van der Waals surface area (Å²) in [5.74, 6) is -1.95. The first-order valence-corrected chi connectivity index (χ1v) is 13.8. The summed E-state index contributed by atoms with van der Waals surface area (Å²) in [4.78, 5) is 12.5. The molecule has 1 aliphatic rings. The molecule has 0 aliphatic carbocycles. The fourth-order valence-corrected chi connectivity index (χ4v) is 5.74. The molecule has 38 heavy (non-hydrogen) atoms. The fraction of sp³-hybridized carbons (Fsp3) is 0.280. The molecule has 0 unspecified atom stereocenters. The highest BCUT2D eigenvalue weighted by molar-refractivity contribution is 9.10. The molecule has 3 aromatic rings. The van der Waals surface area contributed by atoms with Crippen LogP contribution in [-0.2, 0) is 21.9 Å². The van der Waals surface area contributed by atoms with Crippen molar-refractivity contribution in [2.24, 2.45) is 10.7 Å². The highest BCUT2D eigenvalue weighted by Gasteiger charge is 2.50. The van der Waals surface area contributed by atoms with Crippen LogP contribution in [0.5, 0.6) is 5.88 Å². The molecule has 0 radical (unpaired) electrons. The van der Waals surface area contributed by atoms with E-state index in [9.17, 15) is 12.8 Å². The van der Waals surface area contributed by atoms with Crippen molar-refractivity contribution in [3.05, 3.63) is 82.8 Å². The maximum absolute atomic E-state index is 15.0. The van der Waals surface area contributed by atoms with E-state index >= 15 is 4.39 Å². The van der Waals surface area contributed by atoms with E-state index in [1.165, 1.54) is 44.4 Å². The number of hydrogen-bond acceptors (Lipinski definition) is 8. The Labute approximate surface area is 227 Å². The number of nitrogens with two attached hydrogens (primary N) is 1. The number of sulfone groups is 1. The zero-order chi connectivity index (χ0) is 27.7. The van der Waals surface area contributed by atoms with Crippen LogP contribution in [-0.4, -0.2) is 51.1 Å². The minimum absolute atomic E-state index is 0.0677. The molecular formula is C25H25BrF2N6O3S. The van der Waals surface area contributed by atoms with Crippen LogP contribution in [0.2, 0.25) is 0 Å². The lowest BCUT2D eigenvalue weighted by atomic mass is 9.89. The Morgan fingerprint density at radius 2 is 2.05 bits per heavy atom. The van der Waals surface area contributed by atoms with Crippen molar-refractivity contribution < 1.29 is 21.9 Å². The number of aliphatic imine (C=N–C) groups is 1. The molecule has 0 amide bonds. The van der Waals surface area contributed by atoms with Crippen LogP contribution in [0.1, 0.15) is 30.7 Å². The summed E-state index contributed by atoms with van der Waals surface area (Å²) in [6.45, 7) is 7.33. The van der Waals surface area contributed by atoms with Gasteiger partial charge in [0.05, 0.1) is 35.4 Å². The van der Waals surface area contributed by atoms with Gasteiger partial charge in [-0.05, 0) is 53.5 Å². The zero-order valence-electron chi connectivity index (χ0n) is 20.6. The van der Waals surface area contributed by atoms with Gasteiger partial charge in [-0.25, -0.2) is 27.2 Å². The third-order valence-electron chi connectivity index (χ3n) is 6.26. The fourth-order valence-electron chi connectivity index (χ4n) is 3.77.